The Kier molecular flexibility index (Phi) is 6.04. The van der Waals surface area contributed by atoms with Crippen molar-refractivity contribution < 1.29 is 31.7 Å². The lowest BCUT2D eigenvalue weighted by atomic mass is 10.1. The third-order valence-corrected chi connectivity index (χ3v) is 4.20. The number of carbonyl (C=O) groups excluding carboxylic acids is 2. The van der Waals surface area contributed by atoms with Gasteiger partial charge in [-0.1, -0.05) is 17.3 Å². The fourth-order valence-corrected chi connectivity index (χ4v) is 2.66. The first-order valence-corrected chi connectivity index (χ1v) is 8.80. The van der Waals surface area contributed by atoms with E-state index in [0.717, 1.165) is 10.7 Å². The summed E-state index contributed by atoms with van der Waals surface area (Å²) in [5.41, 5.74) is -1.34. The van der Waals surface area contributed by atoms with E-state index in [1.54, 1.807) is 0 Å². The van der Waals surface area contributed by atoms with Gasteiger partial charge in [0, 0.05) is 25.7 Å². The molecule has 1 atom stereocenters. The third kappa shape index (κ3) is 5.05. The Morgan fingerprint density at radius 3 is 2.61 bits per heavy atom. The number of hydrogen-bond acceptors (Lipinski definition) is 6. The van der Waals surface area contributed by atoms with Gasteiger partial charge in [-0.05, 0) is 12.1 Å². The number of aryl methyl sites for hydroxylation is 1. The van der Waals surface area contributed by atoms with Crippen LogP contribution in [0.5, 0.6) is 0 Å². The predicted molar refractivity (Wildman–Crippen MR) is 96.8 cm³/mol. The van der Waals surface area contributed by atoms with Gasteiger partial charge in [0.1, 0.15) is 17.6 Å². The Labute approximate surface area is 172 Å². The fraction of sp³-hybridized carbons (Fsp3) is 0.278. The molecule has 0 spiro atoms. The predicted octanol–water partition coefficient (Wildman–Crippen LogP) is 2.24. The van der Waals surface area contributed by atoms with Crippen LogP contribution in [0.1, 0.15) is 34.5 Å². The molecule has 0 radical (unpaired) electrons. The summed E-state index contributed by atoms with van der Waals surface area (Å²) in [5, 5.41) is 11.8. The standard InChI is InChI=1S/C18H16F4N6O3/c1-23-14(29)7-11(17-25-15(27-31-17)9-4-3-5-10(19)6-9)24-16(30)12-8-13(18(20,21)22)26-28(12)2/h3-6,8,11H,7H2,1-2H3,(H,23,29)(H,24,30). The SMILES string of the molecule is CNC(=O)CC(NC(=O)c1cc(C(F)(F)F)nn1C)c1nc(-c2cccc(F)c2)no1. The monoisotopic (exact) mass is 440 g/mol. The second kappa shape index (κ2) is 8.53. The molecule has 3 rings (SSSR count). The second-order valence-electron chi connectivity index (χ2n) is 6.41. The number of hydrogen-bond donors (Lipinski definition) is 2. The number of carbonyl (C=O) groups is 2. The molecule has 1 aromatic carbocycles. The molecule has 2 aromatic heterocycles. The number of rotatable bonds is 6. The highest BCUT2D eigenvalue weighted by Gasteiger charge is 2.36. The van der Waals surface area contributed by atoms with Crippen molar-refractivity contribution in [1.29, 1.82) is 0 Å². The van der Waals surface area contributed by atoms with Crippen molar-refractivity contribution in [2.75, 3.05) is 7.05 Å². The molecule has 0 fully saturated rings. The van der Waals surface area contributed by atoms with E-state index in [-0.39, 0.29) is 23.8 Å². The number of halogens is 4. The first kappa shape index (κ1) is 21.9. The van der Waals surface area contributed by atoms with Gasteiger partial charge in [-0.2, -0.15) is 23.3 Å². The summed E-state index contributed by atoms with van der Waals surface area (Å²) in [4.78, 5) is 28.5. The van der Waals surface area contributed by atoms with Gasteiger partial charge in [-0.3, -0.25) is 14.3 Å². The molecule has 0 aliphatic rings. The summed E-state index contributed by atoms with van der Waals surface area (Å²) in [6, 6.07) is 4.77. The molecule has 31 heavy (non-hydrogen) atoms. The molecule has 0 aliphatic carbocycles. The number of alkyl halides is 3. The van der Waals surface area contributed by atoms with E-state index in [0.29, 0.717) is 11.6 Å². The molecule has 0 bridgehead atoms. The van der Waals surface area contributed by atoms with Crippen LogP contribution in [-0.4, -0.2) is 38.8 Å². The molecule has 3 aromatic rings. The molecule has 0 saturated heterocycles. The Bertz CT molecular complexity index is 1110. The van der Waals surface area contributed by atoms with E-state index < -0.39 is 35.5 Å². The van der Waals surface area contributed by atoms with E-state index in [1.807, 2.05) is 0 Å². The highest BCUT2D eigenvalue weighted by Crippen LogP contribution is 2.28. The average Bonchev–Trinajstić information content (AvgIpc) is 3.34. The lowest BCUT2D eigenvalue weighted by Gasteiger charge is -2.14. The lowest BCUT2D eigenvalue weighted by molar-refractivity contribution is -0.141. The number of aromatic nitrogens is 4. The molecule has 164 valence electrons. The molecule has 1 unspecified atom stereocenters. The number of benzene rings is 1. The Hall–Kier alpha value is -3.77. The van der Waals surface area contributed by atoms with E-state index in [1.165, 1.54) is 32.3 Å². The van der Waals surface area contributed by atoms with Crippen LogP contribution in [0.2, 0.25) is 0 Å². The zero-order valence-corrected chi connectivity index (χ0v) is 16.2. The topological polar surface area (TPSA) is 115 Å². The second-order valence-corrected chi connectivity index (χ2v) is 6.41. The lowest BCUT2D eigenvalue weighted by Crippen LogP contribution is -2.34. The quantitative estimate of drug-likeness (QED) is 0.568. The van der Waals surface area contributed by atoms with Gasteiger partial charge in [0.25, 0.3) is 5.91 Å². The minimum atomic E-state index is -4.73. The van der Waals surface area contributed by atoms with Crippen molar-refractivity contribution in [3.05, 3.63) is 53.4 Å². The van der Waals surface area contributed by atoms with Crippen molar-refractivity contribution in [3.8, 4) is 11.4 Å². The highest BCUT2D eigenvalue weighted by molar-refractivity contribution is 5.93. The summed E-state index contributed by atoms with van der Waals surface area (Å²) < 4.78 is 57.9. The van der Waals surface area contributed by atoms with Crippen LogP contribution in [-0.2, 0) is 18.0 Å². The van der Waals surface area contributed by atoms with Crippen LogP contribution in [0.4, 0.5) is 17.6 Å². The maximum Gasteiger partial charge on any atom is 0.435 e. The summed E-state index contributed by atoms with van der Waals surface area (Å²) >= 11 is 0. The minimum absolute atomic E-state index is 0.00514. The van der Waals surface area contributed by atoms with Crippen molar-refractivity contribution in [2.24, 2.45) is 7.05 Å². The summed E-state index contributed by atoms with van der Waals surface area (Å²) in [5.74, 6) is -2.16. The zero-order chi connectivity index (χ0) is 22.8. The Balaban J connectivity index is 1.88. The third-order valence-electron chi connectivity index (χ3n) is 4.20. The van der Waals surface area contributed by atoms with Gasteiger partial charge in [0.05, 0.1) is 6.42 Å². The van der Waals surface area contributed by atoms with Crippen LogP contribution < -0.4 is 10.6 Å². The summed E-state index contributed by atoms with van der Waals surface area (Å²) in [7, 11) is 2.54. The van der Waals surface area contributed by atoms with Gasteiger partial charge in [-0.15, -0.1) is 0 Å². The molecule has 13 heteroatoms. The number of amides is 2. The van der Waals surface area contributed by atoms with Crippen LogP contribution in [0, 0.1) is 5.82 Å². The summed E-state index contributed by atoms with van der Waals surface area (Å²) in [6.07, 6.45) is -5.07. The first-order chi connectivity index (χ1) is 14.6. The Morgan fingerprint density at radius 1 is 1.26 bits per heavy atom. The van der Waals surface area contributed by atoms with Gasteiger partial charge < -0.3 is 15.2 Å². The maximum absolute atomic E-state index is 13.4. The van der Waals surface area contributed by atoms with Gasteiger partial charge in [-0.25, -0.2) is 4.39 Å². The average molecular weight is 440 g/mol. The van der Waals surface area contributed by atoms with Crippen molar-refractivity contribution in [2.45, 2.75) is 18.6 Å². The van der Waals surface area contributed by atoms with Crippen LogP contribution >= 0.6 is 0 Å². The van der Waals surface area contributed by atoms with E-state index >= 15 is 0 Å². The van der Waals surface area contributed by atoms with Crippen LogP contribution in [0.25, 0.3) is 11.4 Å². The van der Waals surface area contributed by atoms with Crippen LogP contribution in [0.3, 0.4) is 0 Å². The fourth-order valence-electron chi connectivity index (χ4n) is 2.66. The molecule has 9 nitrogen and oxygen atoms in total. The first-order valence-electron chi connectivity index (χ1n) is 8.80. The van der Waals surface area contributed by atoms with Crippen molar-refractivity contribution in [1.82, 2.24) is 30.6 Å². The number of nitrogens with zero attached hydrogens (tertiary/aromatic N) is 4. The largest absolute Gasteiger partial charge is 0.435 e. The molecule has 0 saturated carbocycles. The molecule has 2 heterocycles. The van der Waals surface area contributed by atoms with Gasteiger partial charge in [0.2, 0.25) is 17.6 Å². The minimum Gasteiger partial charge on any atom is -0.359 e. The smallest absolute Gasteiger partial charge is 0.359 e. The van der Waals surface area contributed by atoms with Crippen molar-refractivity contribution in [3.63, 3.8) is 0 Å². The number of nitrogens with one attached hydrogen (secondary N) is 2. The normalized spacial score (nSPS) is 12.5. The van der Waals surface area contributed by atoms with Gasteiger partial charge in [0.15, 0.2) is 5.69 Å². The molecule has 0 aliphatic heterocycles. The van der Waals surface area contributed by atoms with Crippen molar-refractivity contribution >= 4 is 11.8 Å². The van der Waals surface area contributed by atoms with Gasteiger partial charge >= 0.3 is 6.18 Å². The molecule has 2 N–H and O–H groups in total. The Morgan fingerprint density at radius 2 is 2.00 bits per heavy atom. The van der Waals surface area contributed by atoms with E-state index in [4.69, 9.17) is 4.52 Å². The highest BCUT2D eigenvalue weighted by atomic mass is 19.4. The van der Waals surface area contributed by atoms with Crippen LogP contribution in [0.15, 0.2) is 34.9 Å². The molecule has 2 amide bonds. The zero-order valence-electron chi connectivity index (χ0n) is 16.2. The van der Waals surface area contributed by atoms with E-state index in [9.17, 15) is 27.2 Å². The summed E-state index contributed by atoms with van der Waals surface area (Å²) in [6.45, 7) is 0. The molecular weight excluding hydrogens is 424 g/mol. The van der Waals surface area contributed by atoms with E-state index in [2.05, 4.69) is 25.9 Å². The maximum atomic E-state index is 13.4. The molecular formula is C18H16F4N6O3.